The first-order valence-electron chi connectivity index (χ1n) is 10.5. The van der Waals surface area contributed by atoms with E-state index in [1.165, 1.54) is 35.1 Å². The molecule has 4 rings (SSSR count). The molecule has 1 amide bonds. The Labute approximate surface area is 181 Å². The van der Waals surface area contributed by atoms with Crippen molar-refractivity contribution in [2.45, 2.75) is 26.9 Å². The highest BCUT2D eigenvalue weighted by molar-refractivity contribution is 6.02. The maximum absolute atomic E-state index is 13.3. The molecule has 0 atom stereocenters. The van der Waals surface area contributed by atoms with Crippen molar-refractivity contribution < 1.29 is 13.6 Å². The number of halogens is 1. The third-order valence-corrected chi connectivity index (χ3v) is 5.38. The number of anilines is 1. The Balaban J connectivity index is 1.27. The number of aromatic nitrogens is 1. The van der Waals surface area contributed by atoms with E-state index in [9.17, 15) is 9.18 Å². The van der Waals surface area contributed by atoms with E-state index in [0.29, 0.717) is 18.1 Å². The summed E-state index contributed by atoms with van der Waals surface area (Å²) in [5.41, 5.74) is 4.53. The summed E-state index contributed by atoms with van der Waals surface area (Å²) in [5, 5.41) is 2.63. The Morgan fingerprint density at radius 3 is 2.39 bits per heavy atom. The molecule has 31 heavy (non-hydrogen) atoms. The number of hydrogen-bond donors (Lipinski definition) is 1. The van der Waals surface area contributed by atoms with Crippen molar-refractivity contribution in [1.82, 2.24) is 14.8 Å². The number of oxazole rings is 1. The molecular formula is C24H27FN4O2. The van der Waals surface area contributed by atoms with Gasteiger partial charge in [-0.3, -0.25) is 14.6 Å². The lowest BCUT2D eigenvalue weighted by Crippen LogP contribution is -2.45. The first-order chi connectivity index (χ1) is 14.9. The van der Waals surface area contributed by atoms with Crippen LogP contribution in [-0.2, 0) is 13.1 Å². The molecule has 2 heterocycles. The Hall–Kier alpha value is -3.03. The molecule has 162 valence electrons. The molecule has 1 N–H and O–H groups in total. The minimum absolute atomic E-state index is 0.188. The van der Waals surface area contributed by atoms with Crippen LogP contribution in [0.25, 0.3) is 0 Å². The number of benzene rings is 2. The normalized spacial score (nSPS) is 15.2. The molecule has 2 aromatic carbocycles. The van der Waals surface area contributed by atoms with E-state index >= 15 is 0 Å². The molecule has 0 bridgehead atoms. The standard InChI is InChI=1S/C24H27FN4O2/c1-17-10-18(2)12-19(11-17)14-28-6-8-29(9-7-28)15-23-27-22(16-31-23)24(30)26-21-5-3-4-20(25)13-21/h3-5,10-13,16H,6-9,14-15H2,1-2H3,(H,26,30). The Morgan fingerprint density at radius 1 is 1.03 bits per heavy atom. The summed E-state index contributed by atoms with van der Waals surface area (Å²) >= 11 is 0. The van der Waals surface area contributed by atoms with E-state index in [1.54, 1.807) is 12.1 Å². The molecule has 0 saturated carbocycles. The van der Waals surface area contributed by atoms with Gasteiger partial charge in [0.2, 0.25) is 5.89 Å². The average molecular weight is 423 g/mol. The fourth-order valence-electron chi connectivity index (χ4n) is 3.96. The molecule has 0 aliphatic carbocycles. The molecule has 0 spiro atoms. The maximum Gasteiger partial charge on any atom is 0.277 e. The van der Waals surface area contributed by atoms with E-state index in [2.05, 4.69) is 52.1 Å². The molecule has 1 aliphatic rings. The van der Waals surface area contributed by atoms with E-state index in [-0.39, 0.29) is 5.69 Å². The van der Waals surface area contributed by atoms with Gasteiger partial charge in [-0.05, 0) is 37.6 Å². The number of piperazine rings is 1. The molecule has 1 aliphatic heterocycles. The number of nitrogens with one attached hydrogen (secondary N) is 1. The van der Waals surface area contributed by atoms with Gasteiger partial charge in [0.25, 0.3) is 5.91 Å². The highest BCUT2D eigenvalue weighted by atomic mass is 19.1. The van der Waals surface area contributed by atoms with Crippen LogP contribution in [0.1, 0.15) is 33.1 Å². The molecular weight excluding hydrogens is 395 g/mol. The Bertz CT molecular complexity index is 1040. The monoisotopic (exact) mass is 422 g/mol. The summed E-state index contributed by atoms with van der Waals surface area (Å²) < 4.78 is 18.8. The lowest BCUT2D eigenvalue weighted by Gasteiger charge is -2.34. The number of rotatable bonds is 6. The molecule has 7 heteroatoms. The second-order valence-corrected chi connectivity index (χ2v) is 8.14. The van der Waals surface area contributed by atoms with Crippen LogP contribution in [0, 0.1) is 19.7 Å². The fraction of sp³-hybridized carbons (Fsp3) is 0.333. The van der Waals surface area contributed by atoms with Crippen LogP contribution in [0.4, 0.5) is 10.1 Å². The summed E-state index contributed by atoms with van der Waals surface area (Å²) in [7, 11) is 0. The average Bonchev–Trinajstić information content (AvgIpc) is 3.17. The number of amides is 1. The Morgan fingerprint density at radius 2 is 1.71 bits per heavy atom. The smallest absolute Gasteiger partial charge is 0.277 e. The van der Waals surface area contributed by atoms with Crippen molar-refractivity contribution >= 4 is 11.6 Å². The quantitative estimate of drug-likeness (QED) is 0.651. The van der Waals surface area contributed by atoms with E-state index in [0.717, 1.165) is 32.7 Å². The number of carbonyl (C=O) groups is 1. The van der Waals surface area contributed by atoms with Crippen LogP contribution in [-0.4, -0.2) is 46.9 Å². The summed E-state index contributed by atoms with van der Waals surface area (Å²) in [6.07, 6.45) is 1.35. The van der Waals surface area contributed by atoms with Crippen LogP contribution in [0.2, 0.25) is 0 Å². The first kappa shape index (κ1) is 21.2. The van der Waals surface area contributed by atoms with Gasteiger partial charge < -0.3 is 9.73 Å². The van der Waals surface area contributed by atoms with Gasteiger partial charge in [-0.1, -0.05) is 35.4 Å². The van der Waals surface area contributed by atoms with Crippen molar-refractivity contribution in [1.29, 1.82) is 0 Å². The summed E-state index contributed by atoms with van der Waals surface area (Å²) in [6, 6.07) is 12.5. The summed E-state index contributed by atoms with van der Waals surface area (Å²) in [5.74, 6) is -0.318. The molecule has 1 aromatic heterocycles. The highest BCUT2D eigenvalue weighted by Gasteiger charge is 2.20. The SMILES string of the molecule is Cc1cc(C)cc(CN2CCN(Cc3nc(C(=O)Nc4cccc(F)c4)co3)CC2)c1. The van der Waals surface area contributed by atoms with Crippen LogP contribution >= 0.6 is 0 Å². The molecule has 1 fully saturated rings. The van der Waals surface area contributed by atoms with Crippen LogP contribution in [0.3, 0.4) is 0 Å². The summed E-state index contributed by atoms with van der Waals surface area (Å²) in [6.45, 7) is 9.57. The van der Waals surface area contributed by atoms with Crippen molar-refractivity contribution in [2.24, 2.45) is 0 Å². The van der Waals surface area contributed by atoms with Crippen molar-refractivity contribution in [3.8, 4) is 0 Å². The van der Waals surface area contributed by atoms with E-state index < -0.39 is 11.7 Å². The minimum Gasteiger partial charge on any atom is -0.447 e. The third-order valence-electron chi connectivity index (χ3n) is 5.38. The largest absolute Gasteiger partial charge is 0.447 e. The number of carbonyl (C=O) groups excluding carboxylic acids is 1. The van der Waals surface area contributed by atoms with Gasteiger partial charge in [0, 0.05) is 38.4 Å². The zero-order valence-electron chi connectivity index (χ0n) is 17.9. The van der Waals surface area contributed by atoms with Crippen molar-refractivity contribution in [3.05, 3.63) is 82.8 Å². The lowest BCUT2D eigenvalue weighted by atomic mass is 10.1. The van der Waals surface area contributed by atoms with Crippen LogP contribution < -0.4 is 5.32 Å². The molecule has 1 saturated heterocycles. The zero-order valence-corrected chi connectivity index (χ0v) is 17.9. The number of hydrogen-bond acceptors (Lipinski definition) is 5. The highest BCUT2D eigenvalue weighted by Crippen LogP contribution is 2.15. The molecule has 0 radical (unpaired) electrons. The molecule has 0 unspecified atom stereocenters. The molecule has 6 nitrogen and oxygen atoms in total. The predicted molar refractivity (Wildman–Crippen MR) is 117 cm³/mol. The second kappa shape index (κ2) is 9.41. The maximum atomic E-state index is 13.3. The van der Waals surface area contributed by atoms with Gasteiger partial charge >= 0.3 is 0 Å². The third kappa shape index (κ3) is 5.77. The van der Waals surface area contributed by atoms with Gasteiger partial charge in [0.05, 0.1) is 6.54 Å². The van der Waals surface area contributed by atoms with Crippen molar-refractivity contribution in [2.75, 3.05) is 31.5 Å². The number of aryl methyl sites for hydroxylation is 2. The van der Waals surface area contributed by atoms with Crippen LogP contribution in [0.5, 0.6) is 0 Å². The predicted octanol–water partition coefficient (Wildman–Crippen LogP) is 4.00. The van der Waals surface area contributed by atoms with Gasteiger partial charge in [0.15, 0.2) is 5.69 Å². The van der Waals surface area contributed by atoms with E-state index in [1.807, 2.05) is 0 Å². The Kier molecular flexibility index (Phi) is 6.44. The lowest BCUT2D eigenvalue weighted by molar-refractivity contribution is 0.102. The zero-order chi connectivity index (χ0) is 21.8. The minimum atomic E-state index is -0.418. The van der Waals surface area contributed by atoms with Gasteiger partial charge in [-0.25, -0.2) is 9.37 Å². The van der Waals surface area contributed by atoms with Crippen molar-refractivity contribution in [3.63, 3.8) is 0 Å². The van der Waals surface area contributed by atoms with Gasteiger partial charge in [0.1, 0.15) is 12.1 Å². The number of nitrogens with zero attached hydrogens (tertiary/aromatic N) is 3. The van der Waals surface area contributed by atoms with Gasteiger partial charge in [-0.15, -0.1) is 0 Å². The second-order valence-electron chi connectivity index (χ2n) is 8.14. The molecule has 3 aromatic rings. The van der Waals surface area contributed by atoms with Crippen LogP contribution in [0.15, 0.2) is 53.1 Å². The van der Waals surface area contributed by atoms with E-state index in [4.69, 9.17) is 4.42 Å². The fourth-order valence-corrected chi connectivity index (χ4v) is 3.96. The first-order valence-corrected chi connectivity index (χ1v) is 10.5. The summed E-state index contributed by atoms with van der Waals surface area (Å²) in [4.78, 5) is 21.4. The van der Waals surface area contributed by atoms with Gasteiger partial charge in [-0.2, -0.15) is 0 Å². The topological polar surface area (TPSA) is 61.6 Å².